The van der Waals surface area contributed by atoms with Gasteiger partial charge in [0.25, 0.3) is 10.0 Å². The molecule has 0 fully saturated rings. The Labute approximate surface area is 178 Å². The van der Waals surface area contributed by atoms with Crippen LogP contribution in [0.4, 0.5) is 20.6 Å². The van der Waals surface area contributed by atoms with E-state index >= 15 is 0 Å². The van der Waals surface area contributed by atoms with Gasteiger partial charge >= 0.3 is 6.09 Å². The third-order valence-corrected chi connectivity index (χ3v) is 6.45. The largest absolute Gasteiger partial charge is 0.486 e. The van der Waals surface area contributed by atoms with E-state index in [1.54, 1.807) is 6.92 Å². The number of carbonyl (C=O) groups excluding carboxylic acids is 1. The van der Waals surface area contributed by atoms with Gasteiger partial charge in [-0.05, 0) is 42.5 Å². The number of sulfonamides is 1. The molecule has 2 aromatic carbocycles. The lowest BCUT2D eigenvalue weighted by Gasteiger charge is -2.35. The summed E-state index contributed by atoms with van der Waals surface area (Å²) in [5, 5.41) is 13.9. The molecule has 0 saturated heterocycles. The first-order valence-corrected chi connectivity index (χ1v) is 11.0. The van der Waals surface area contributed by atoms with E-state index in [4.69, 9.17) is 9.84 Å². The van der Waals surface area contributed by atoms with Crippen molar-refractivity contribution < 1.29 is 32.2 Å². The number of hydrogen-bond donors (Lipinski definition) is 3. The number of nitrogens with one attached hydrogen (secondary N) is 2. The Morgan fingerprint density at radius 2 is 1.94 bits per heavy atom. The Balaban J connectivity index is 1.95. The molecule has 1 aliphatic heterocycles. The SMILES string of the molecule is CCC(=O)NCCC1CN(S(=O)(=O)c2ccc(F)cc2)c2cc(NC(=O)O)ccc2O1. The van der Waals surface area contributed by atoms with E-state index in [0.717, 1.165) is 28.6 Å². The molecule has 2 aromatic rings. The number of rotatable bonds is 7. The Hall–Kier alpha value is -3.34. The summed E-state index contributed by atoms with van der Waals surface area (Å²) >= 11 is 0. The average Bonchev–Trinajstić information content (AvgIpc) is 2.73. The summed E-state index contributed by atoms with van der Waals surface area (Å²) in [6, 6.07) is 8.72. The maximum Gasteiger partial charge on any atom is 0.409 e. The van der Waals surface area contributed by atoms with Crippen LogP contribution in [0.15, 0.2) is 47.4 Å². The maximum atomic E-state index is 13.3. The minimum absolute atomic E-state index is 0.0643. The van der Waals surface area contributed by atoms with Crippen LogP contribution in [0.2, 0.25) is 0 Å². The highest BCUT2D eigenvalue weighted by atomic mass is 32.2. The van der Waals surface area contributed by atoms with Gasteiger partial charge in [0.2, 0.25) is 5.91 Å². The van der Waals surface area contributed by atoms with Crippen molar-refractivity contribution in [3.8, 4) is 5.75 Å². The fourth-order valence-corrected chi connectivity index (χ4v) is 4.62. The number of hydrogen-bond acceptors (Lipinski definition) is 5. The van der Waals surface area contributed by atoms with Crippen molar-refractivity contribution in [2.45, 2.75) is 30.8 Å². The second-order valence-electron chi connectivity index (χ2n) is 6.83. The first-order chi connectivity index (χ1) is 14.7. The van der Waals surface area contributed by atoms with Gasteiger partial charge in [-0.2, -0.15) is 0 Å². The molecule has 1 heterocycles. The summed E-state index contributed by atoms with van der Waals surface area (Å²) in [4.78, 5) is 22.3. The van der Waals surface area contributed by atoms with Gasteiger partial charge in [0.15, 0.2) is 0 Å². The Bertz CT molecular complexity index is 1070. The molecule has 0 saturated carbocycles. The molecule has 11 heteroatoms. The summed E-state index contributed by atoms with van der Waals surface area (Å²) in [5.74, 6) is -0.449. The number of anilines is 2. The molecule has 1 aliphatic rings. The smallest absolute Gasteiger partial charge is 0.409 e. The predicted octanol–water partition coefficient (Wildman–Crippen LogP) is 2.79. The van der Waals surface area contributed by atoms with Crippen LogP contribution >= 0.6 is 0 Å². The van der Waals surface area contributed by atoms with Gasteiger partial charge in [0.1, 0.15) is 17.7 Å². The first-order valence-electron chi connectivity index (χ1n) is 9.56. The number of carbonyl (C=O) groups is 2. The predicted molar refractivity (Wildman–Crippen MR) is 111 cm³/mol. The van der Waals surface area contributed by atoms with E-state index < -0.39 is 28.0 Å². The molecule has 9 nitrogen and oxygen atoms in total. The van der Waals surface area contributed by atoms with Crippen molar-refractivity contribution in [2.24, 2.45) is 0 Å². The van der Waals surface area contributed by atoms with E-state index in [-0.39, 0.29) is 34.5 Å². The molecule has 0 bridgehead atoms. The summed E-state index contributed by atoms with van der Waals surface area (Å²) in [7, 11) is -4.09. The molecular formula is C20H22FN3O6S. The zero-order valence-corrected chi connectivity index (χ0v) is 17.5. The number of carboxylic acid groups (broad SMARTS) is 1. The Kier molecular flexibility index (Phi) is 6.64. The van der Waals surface area contributed by atoms with Crippen molar-refractivity contribution in [1.82, 2.24) is 5.32 Å². The van der Waals surface area contributed by atoms with Gasteiger partial charge in [-0.25, -0.2) is 17.6 Å². The van der Waals surface area contributed by atoms with Crippen molar-refractivity contribution >= 4 is 33.4 Å². The van der Waals surface area contributed by atoms with Gasteiger partial charge in [-0.3, -0.25) is 14.4 Å². The van der Waals surface area contributed by atoms with E-state index in [1.165, 1.54) is 18.2 Å². The number of amides is 2. The molecule has 0 aromatic heterocycles. The standard InChI is InChI=1S/C20H22FN3O6S/c1-2-19(25)22-10-9-15-12-24(31(28,29)16-6-3-13(21)4-7-16)17-11-14(23-20(26)27)5-8-18(17)30-15/h3-8,11,15,23H,2,9-10,12H2,1H3,(H,22,25)(H,26,27). The van der Waals surface area contributed by atoms with Crippen LogP contribution in [0.5, 0.6) is 5.75 Å². The number of halogens is 1. The van der Waals surface area contributed by atoms with E-state index in [1.807, 2.05) is 0 Å². The topological polar surface area (TPSA) is 125 Å². The number of ether oxygens (including phenoxy) is 1. The normalized spacial score (nSPS) is 15.5. The average molecular weight is 451 g/mol. The van der Waals surface area contributed by atoms with E-state index in [9.17, 15) is 22.4 Å². The highest BCUT2D eigenvalue weighted by Crippen LogP contribution is 2.39. The van der Waals surface area contributed by atoms with E-state index in [0.29, 0.717) is 19.4 Å². The third-order valence-electron chi connectivity index (χ3n) is 4.65. The van der Waals surface area contributed by atoms with Crippen LogP contribution < -0.4 is 19.7 Å². The second kappa shape index (κ2) is 9.21. The minimum atomic E-state index is -4.09. The van der Waals surface area contributed by atoms with Crippen LogP contribution in [0.25, 0.3) is 0 Å². The molecule has 0 spiro atoms. The van der Waals surface area contributed by atoms with Crippen LogP contribution in [0.3, 0.4) is 0 Å². The monoisotopic (exact) mass is 451 g/mol. The zero-order valence-electron chi connectivity index (χ0n) is 16.7. The van der Waals surface area contributed by atoms with Crippen molar-refractivity contribution in [3.63, 3.8) is 0 Å². The fraction of sp³-hybridized carbons (Fsp3) is 0.300. The molecule has 31 heavy (non-hydrogen) atoms. The van der Waals surface area contributed by atoms with Crippen LogP contribution in [0, 0.1) is 5.82 Å². The first kappa shape index (κ1) is 22.3. The van der Waals surface area contributed by atoms with E-state index in [2.05, 4.69) is 10.6 Å². The highest BCUT2D eigenvalue weighted by molar-refractivity contribution is 7.92. The van der Waals surface area contributed by atoms with Gasteiger partial charge in [0, 0.05) is 25.1 Å². The second-order valence-corrected chi connectivity index (χ2v) is 8.70. The van der Waals surface area contributed by atoms with Gasteiger partial charge in [-0.1, -0.05) is 6.92 Å². The molecular weight excluding hydrogens is 429 g/mol. The number of nitrogens with zero attached hydrogens (tertiary/aromatic N) is 1. The van der Waals surface area contributed by atoms with Crippen LogP contribution in [-0.4, -0.2) is 44.7 Å². The number of fused-ring (bicyclic) bond motifs is 1. The lowest BCUT2D eigenvalue weighted by Crippen LogP contribution is -2.44. The molecule has 0 radical (unpaired) electrons. The van der Waals surface area contributed by atoms with Crippen molar-refractivity contribution in [2.75, 3.05) is 22.7 Å². The van der Waals surface area contributed by atoms with Crippen molar-refractivity contribution in [3.05, 3.63) is 48.3 Å². The molecule has 2 amide bonds. The van der Waals surface area contributed by atoms with Gasteiger partial charge < -0.3 is 15.2 Å². The van der Waals surface area contributed by atoms with Crippen molar-refractivity contribution in [1.29, 1.82) is 0 Å². The summed E-state index contributed by atoms with van der Waals surface area (Å²) in [6.45, 7) is 1.96. The maximum absolute atomic E-state index is 13.3. The molecule has 166 valence electrons. The molecule has 1 unspecified atom stereocenters. The quantitative estimate of drug-likeness (QED) is 0.595. The fourth-order valence-electron chi connectivity index (χ4n) is 3.12. The van der Waals surface area contributed by atoms with Gasteiger partial charge in [-0.15, -0.1) is 0 Å². The third kappa shape index (κ3) is 5.23. The Morgan fingerprint density at radius 3 is 2.58 bits per heavy atom. The Morgan fingerprint density at radius 1 is 1.23 bits per heavy atom. The van der Waals surface area contributed by atoms with Gasteiger partial charge in [0.05, 0.1) is 17.1 Å². The molecule has 3 rings (SSSR count). The zero-order chi connectivity index (χ0) is 22.6. The molecule has 3 N–H and O–H groups in total. The number of benzene rings is 2. The molecule has 1 atom stereocenters. The highest BCUT2D eigenvalue weighted by Gasteiger charge is 2.34. The summed E-state index contributed by atoms with van der Waals surface area (Å²) < 4.78 is 46.9. The van der Waals surface area contributed by atoms with Crippen LogP contribution in [-0.2, 0) is 14.8 Å². The summed E-state index contributed by atoms with van der Waals surface area (Å²) in [6.07, 6.45) is -1.17. The molecule has 0 aliphatic carbocycles. The summed E-state index contributed by atoms with van der Waals surface area (Å²) in [5.41, 5.74) is 0.326. The lowest BCUT2D eigenvalue weighted by molar-refractivity contribution is -0.120. The van der Waals surface area contributed by atoms with Crippen LogP contribution in [0.1, 0.15) is 19.8 Å². The minimum Gasteiger partial charge on any atom is -0.486 e. The lowest BCUT2D eigenvalue weighted by atomic mass is 10.1.